The summed E-state index contributed by atoms with van der Waals surface area (Å²) in [6, 6.07) is 1.69. The largest absolute Gasteiger partial charge is 0.476 e. The van der Waals surface area contributed by atoms with Crippen molar-refractivity contribution >= 4 is 28.4 Å². The molecule has 0 atom stereocenters. The zero-order valence-electron chi connectivity index (χ0n) is 7.41. The Bertz CT molecular complexity index is 471. The predicted molar refractivity (Wildman–Crippen MR) is 54.4 cm³/mol. The molecule has 2 aromatic heterocycles. The normalized spacial score (nSPS) is 9.87. The maximum atomic E-state index is 10.6. The highest BCUT2D eigenvalue weighted by atomic mass is 32.1. The number of carbonyl (C=O) groups is 1. The third-order valence-electron chi connectivity index (χ3n) is 1.51. The summed E-state index contributed by atoms with van der Waals surface area (Å²) in [5.74, 6) is -0.655. The van der Waals surface area contributed by atoms with Crippen LogP contribution in [0.1, 0.15) is 10.5 Å². The van der Waals surface area contributed by atoms with Gasteiger partial charge in [0.2, 0.25) is 5.95 Å². The van der Waals surface area contributed by atoms with Gasteiger partial charge < -0.3 is 10.4 Å². The SMILES string of the molecule is O=C(O)c1csc(Nc2ncccn2)n1. The van der Waals surface area contributed by atoms with Crippen molar-refractivity contribution in [2.45, 2.75) is 0 Å². The van der Waals surface area contributed by atoms with Gasteiger partial charge in [-0.1, -0.05) is 0 Å². The van der Waals surface area contributed by atoms with Crippen molar-refractivity contribution in [1.82, 2.24) is 15.0 Å². The zero-order valence-corrected chi connectivity index (χ0v) is 8.23. The van der Waals surface area contributed by atoms with Crippen molar-refractivity contribution in [3.63, 3.8) is 0 Å². The van der Waals surface area contributed by atoms with Crippen molar-refractivity contribution in [2.75, 3.05) is 5.32 Å². The molecule has 0 amide bonds. The number of hydrogen-bond donors (Lipinski definition) is 2. The van der Waals surface area contributed by atoms with Gasteiger partial charge in [-0.25, -0.2) is 19.7 Å². The number of carboxylic acid groups (broad SMARTS) is 1. The van der Waals surface area contributed by atoms with Gasteiger partial charge in [0.15, 0.2) is 10.8 Å². The number of thiazole rings is 1. The quantitative estimate of drug-likeness (QED) is 0.815. The molecule has 0 aromatic carbocycles. The second-order valence-corrected chi connectivity index (χ2v) is 3.40. The molecule has 0 unspecified atom stereocenters. The van der Waals surface area contributed by atoms with Crippen molar-refractivity contribution in [2.24, 2.45) is 0 Å². The minimum atomic E-state index is -1.05. The van der Waals surface area contributed by atoms with Crippen LogP contribution in [0.5, 0.6) is 0 Å². The van der Waals surface area contributed by atoms with Crippen LogP contribution in [0.4, 0.5) is 11.1 Å². The number of aromatic nitrogens is 3. The Hall–Kier alpha value is -2.02. The Morgan fingerprint density at radius 2 is 2.13 bits per heavy atom. The molecule has 0 spiro atoms. The molecule has 0 saturated carbocycles. The lowest BCUT2D eigenvalue weighted by atomic mass is 10.5. The summed E-state index contributed by atoms with van der Waals surface area (Å²) in [4.78, 5) is 22.2. The second kappa shape index (κ2) is 4.01. The third kappa shape index (κ3) is 2.26. The third-order valence-corrected chi connectivity index (χ3v) is 2.27. The molecule has 0 aliphatic rings. The van der Waals surface area contributed by atoms with Crippen LogP contribution in [0, 0.1) is 0 Å². The van der Waals surface area contributed by atoms with Crippen LogP contribution in [0.15, 0.2) is 23.8 Å². The molecule has 76 valence electrons. The minimum Gasteiger partial charge on any atom is -0.476 e. The zero-order chi connectivity index (χ0) is 10.7. The average molecular weight is 222 g/mol. The van der Waals surface area contributed by atoms with Crippen LogP contribution < -0.4 is 5.32 Å². The Kier molecular flexibility index (Phi) is 2.55. The van der Waals surface area contributed by atoms with Crippen LogP contribution in [0.3, 0.4) is 0 Å². The molecule has 0 fully saturated rings. The standard InChI is InChI=1S/C8H6N4O2S/c13-6(14)5-4-15-8(11-5)12-7-9-2-1-3-10-7/h1-4H,(H,13,14)(H,9,10,11,12). The lowest BCUT2D eigenvalue weighted by molar-refractivity contribution is 0.0691. The summed E-state index contributed by atoms with van der Waals surface area (Å²) in [5.41, 5.74) is 0.0124. The average Bonchev–Trinajstić information content (AvgIpc) is 2.68. The van der Waals surface area contributed by atoms with E-state index < -0.39 is 5.97 Å². The first kappa shape index (κ1) is 9.53. The fraction of sp³-hybridized carbons (Fsp3) is 0. The number of nitrogens with zero attached hydrogens (tertiary/aromatic N) is 3. The maximum absolute atomic E-state index is 10.6. The van der Waals surface area contributed by atoms with E-state index >= 15 is 0 Å². The first-order chi connectivity index (χ1) is 7.25. The Morgan fingerprint density at radius 3 is 2.73 bits per heavy atom. The van der Waals surface area contributed by atoms with Gasteiger partial charge in [0.25, 0.3) is 0 Å². The number of rotatable bonds is 3. The van der Waals surface area contributed by atoms with E-state index in [2.05, 4.69) is 20.3 Å². The number of anilines is 2. The van der Waals surface area contributed by atoms with E-state index in [9.17, 15) is 4.79 Å². The highest BCUT2D eigenvalue weighted by Crippen LogP contribution is 2.17. The van der Waals surface area contributed by atoms with Crippen molar-refractivity contribution in [3.05, 3.63) is 29.5 Å². The van der Waals surface area contributed by atoms with E-state index in [-0.39, 0.29) is 5.69 Å². The van der Waals surface area contributed by atoms with Gasteiger partial charge in [-0.2, -0.15) is 0 Å². The van der Waals surface area contributed by atoms with Gasteiger partial charge in [0.05, 0.1) is 0 Å². The Labute approximate surface area is 88.7 Å². The van der Waals surface area contributed by atoms with E-state index in [4.69, 9.17) is 5.11 Å². The van der Waals surface area contributed by atoms with Gasteiger partial charge in [0.1, 0.15) is 0 Å². The van der Waals surface area contributed by atoms with Crippen LogP contribution in [-0.4, -0.2) is 26.0 Å². The smallest absolute Gasteiger partial charge is 0.355 e. The molecule has 2 N–H and O–H groups in total. The van der Waals surface area contributed by atoms with Crippen LogP contribution in [-0.2, 0) is 0 Å². The predicted octanol–water partition coefficient (Wildman–Crippen LogP) is 1.37. The highest BCUT2D eigenvalue weighted by Gasteiger charge is 2.08. The summed E-state index contributed by atoms with van der Waals surface area (Å²) in [5, 5.41) is 13.4. The second-order valence-electron chi connectivity index (χ2n) is 2.54. The first-order valence-corrected chi connectivity index (χ1v) is 4.86. The summed E-state index contributed by atoms with van der Waals surface area (Å²) < 4.78 is 0. The van der Waals surface area contributed by atoms with E-state index in [0.717, 1.165) is 0 Å². The number of nitrogens with one attached hydrogen (secondary N) is 1. The summed E-state index contributed by atoms with van der Waals surface area (Å²) in [6.07, 6.45) is 3.17. The summed E-state index contributed by atoms with van der Waals surface area (Å²) >= 11 is 1.19. The topological polar surface area (TPSA) is 88.0 Å². The molecular weight excluding hydrogens is 216 g/mol. The van der Waals surface area contributed by atoms with Crippen molar-refractivity contribution < 1.29 is 9.90 Å². The monoisotopic (exact) mass is 222 g/mol. The molecule has 2 aromatic rings. The van der Waals surface area contributed by atoms with Crippen molar-refractivity contribution in [1.29, 1.82) is 0 Å². The minimum absolute atomic E-state index is 0.0124. The number of hydrogen-bond acceptors (Lipinski definition) is 6. The van der Waals surface area contributed by atoms with Crippen LogP contribution in [0.2, 0.25) is 0 Å². The van der Waals surface area contributed by atoms with E-state index in [1.165, 1.54) is 16.7 Å². The molecule has 0 aliphatic carbocycles. The highest BCUT2D eigenvalue weighted by molar-refractivity contribution is 7.14. The molecule has 2 rings (SSSR count). The molecule has 6 nitrogen and oxygen atoms in total. The maximum Gasteiger partial charge on any atom is 0.355 e. The Balaban J connectivity index is 2.15. The van der Waals surface area contributed by atoms with Gasteiger partial charge >= 0.3 is 5.97 Å². The van der Waals surface area contributed by atoms with Crippen molar-refractivity contribution in [3.8, 4) is 0 Å². The van der Waals surface area contributed by atoms with E-state index in [1.54, 1.807) is 18.5 Å². The Morgan fingerprint density at radius 1 is 1.40 bits per heavy atom. The van der Waals surface area contributed by atoms with Gasteiger partial charge in [-0.15, -0.1) is 11.3 Å². The summed E-state index contributed by atoms with van der Waals surface area (Å²) in [6.45, 7) is 0. The number of carboxylic acids is 1. The van der Waals surface area contributed by atoms with Gasteiger partial charge in [-0.05, 0) is 6.07 Å². The van der Waals surface area contributed by atoms with Gasteiger partial charge in [-0.3, -0.25) is 0 Å². The van der Waals surface area contributed by atoms with Gasteiger partial charge in [0, 0.05) is 17.8 Å². The molecule has 0 aliphatic heterocycles. The molecule has 7 heteroatoms. The lowest BCUT2D eigenvalue weighted by Gasteiger charge is -1.97. The molecule has 2 heterocycles. The van der Waals surface area contributed by atoms with Crippen LogP contribution in [0.25, 0.3) is 0 Å². The fourth-order valence-electron chi connectivity index (χ4n) is 0.889. The molecule has 0 saturated heterocycles. The fourth-order valence-corrected chi connectivity index (χ4v) is 1.57. The van der Waals surface area contributed by atoms with E-state index in [0.29, 0.717) is 11.1 Å². The molecule has 0 radical (unpaired) electrons. The molecular formula is C8H6N4O2S. The van der Waals surface area contributed by atoms with Crippen LogP contribution >= 0.6 is 11.3 Å². The molecule has 15 heavy (non-hydrogen) atoms. The lowest BCUT2D eigenvalue weighted by Crippen LogP contribution is -1.98. The first-order valence-electron chi connectivity index (χ1n) is 3.98. The van der Waals surface area contributed by atoms with E-state index in [1.807, 2.05) is 0 Å². The molecule has 0 bridgehead atoms. The summed E-state index contributed by atoms with van der Waals surface area (Å²) in [7, 11) is 0. The number of aromatic carboxylic acids is 1.